The number of aromatic nitrogens is 3. The Labute approximate surface area is 96.3 Å². The number of hydrogen-bond acceptors (Lipinski definition) is 3. The smallest absolute Gasteiger partial charge is 0.178 e. The van der Waals surface area contributed by atoms with Crippen molar-refractivity contribution in [1.29, 1.82) is 0 Å². The Balaban J connectivity index is 2.22. The average Bonchev–Trinajstić information content (AvgIpc) is 2.72. The minimum atomic E-state index is -0.320. The Bertz CT molecular complexity index is 690. The molecular formula is C12H9FN4. The third-order valence-electron chi connectivity index (χ3n) is 2.49. The fraction of sp³-hybridized carbons (Fsp3) is 0. The second-order valence-corrected chi connectivity index (χ2v) is 3.71. The number of aromatic amines is 1. The number of fused-ring (bicyclic) bond motifs is 1. The first-order chi connectivity index (χ1) is 8.24. The molecule has 0 radical (unpaired) electrons. The molecule has 0 amide bonds. The van der Waals surface area contributed by atoms with Gasteiger partial charge in [-0.25, -0.2) is 14.4 Å². The van der Waals surface area contributed by atoms with Gasteiger partial charge in [0, 0.05) is 0 Å². The lowest BCUT2D eigenvalue weighted by Crippen LogP contribution is -1.85. The van der Waals surface area contributed by atoms with Crippen LogP contribution in [0.15, 0.2) is 36.5 Å². The second kappa shape index (κ2) is 3.55. The van der Waals surface area contributed by atoms with Crippen molar-refractivity contribution in [2.24, 2.45) is 0 Å². The Hall–Kier alpha value is -2.43. The van der Waals surface area contributed by atoms with E-state index in [-0.39, 0.29) is 5.82 Å². The van der Waals surface area contributed by atoms with Crippen LogP contribution in [0.25, 0.3) is 22.6 Å². The molecular weight excluding hydrogens is 219 g/mol. The molecule has 3 aromatic rings. The zero-order chi connectivity index (χ0) is 11.8. The molecule has 3 rings (SSSR count). The van der Waals surface area contributed by atoms with Gasteiger partial charge in [0.05, 0.1) is 23.0 Å². The number of hydrogen-bond donors (Lipinski definition) is 2. The van der Waals surface area contributed by atoms with Crippen molar-refractivity contribution in [3.8, 4) is 11.4 Å². The molecule has 5 heteroatoms. The van der Waals surface area contributed by atoms with Crippen LogP contribution in [0.5, 0.6) is 0 Å². The molecule has 0 atom stereocenters. The van der Waals surface area contributed by atoms with Crippen LogP contribution < -0.4 is 5.73 Å². The molecule has 0 aliphatic carbocycles. The maximum atomic E-state index is 13.6. The maximum Gasteiger partial charge on any atom is 0.178 e. The van der Waals surface area contributed by atoms with Crippen LogP contribution >= 0.6 is 0 Å². The van der Waals surface area contributed by atoms with Gasteiger partial charge in [0.15, 0.2) is 5.65 Å². The number of halogens is 1. The second-order valence-electron chi connectivity index (χ2n) is 3.71. The minimum Gasteiger partial charge on any atom is -0.397 e. The third kappa shape index (κ3) is 1.61. The predicted molar refractivity (Wildman–Crippen MR) is 63.7 cm³/mol. The number of rotatable bonds is 1. The van der Waals surface area contributed by atoms with Gasteiger partial charge in [-0.1, -0.05) is 12.1 Å². The number of imidazole rings is 1. The lowest BCUT2D eigenvalue weighted by Gasteiger charge is -1.96. The molecule has 2 heterocycles. The van der Waals surface area contributed by atoms with E-state index in [1.165, 1.54) is 12.3 Å². The summed E-state index contributed by atoms with van der Waals surface area (Å²) in [5.74, 6) is 0.135. The number of nitrogens with one attached hydrogen (secondary N) is 1. The first-order valence-electron chi connectivity index (χ1n) is 5.10. The molecule has 0 fully saturated rings. The fourth-order valence-electron chi connectivity index (χ4n) is 1.70. The summed E-state index contributed by atoms with van der Waals surface area (Å²) in [5, 5.41) is 0. The molecule has 1 aromatic carbocycles. The van der Waals surface area contributed by atoms with E-state index in [9.17, 15) is 4.39 Å². The standard InChI is InChI=1S/C12H9FN4/c13-9-4-2-1-3-8(9)11-16-10-5-7(14)6-15-12(10)17-11/h1-6H,14H2,(H,15,16,17). The van der Waals surface area contributed by atoms with Crippen LogP contribution in [-0.2, 0) is 0 Å². The van der Waals surface area contributed by atoms with Crippen LogP contribution in [0.4, 0.5) is 10.1 Å². The van der Waals surface area contributed by atoms with E-state index < -0.39 is 0 Å². The van der Waals surface area contributed by atoms with Gasteiger partial charge in [0.2, 0.25) is 0 Å². The summed E-state index contributed by atoms with van der Waals surface area (Å²) >= 11 is 0. The molecule has 3 N–H and O–H groups in total. The third-order valence-corrected chi connectivity index (χ3v) is 2.49. The molecule has 4 nitrogen and oxygen atoms in total. The van der Waals surface area contributed by atoms with Gasteiger partial charge in [0.25, 0.3) is 0 Å². The summed E-state index contributed by atoms with van der Waals surface area (Å²) in [6.07, 6.45) is 1.52. The first-order valence-corrected chi connectivity index (χ1v) is 5.10. The number of anilines is 1. The van der Waals surface area contributed by atoms with Gasteiger partial charge in [-0.2, -0.15) is 0 Å². The Morgan fingerprint density at radius 3 is 2.88 bits per heavy atom. The zero-order valence-electron chi connectivity index (χ0n) is 8.81. The van der Waals surface area contributed by atoms with Crippen molar-refractivity contribution in [1.82, 2.24) is 15.0 Å². The number of benzene rings is 1. The highest BCUT2D eigenvalue weighted by molar-refractivity contribution is 5.78. The lowest BCUT2D eigenvalue weighted by molar-refractivity contribution is 0.630. The fourth-order valence-corrected chi connectivity index (χ4v) is 1.70. The van der Waals surface area contributed by atoms with Gasteiger partial charge < -0.3 is 10.7 Å². The van der Waals surface area contributed by atoms with E-state index in [0.717, 1.165) is 0 Å². The van der Waals surface area contributed by atoms with E-state index >= 15 is 0 Å². The summed E-state index contributed by atoms with van der Waals surface area (Å²) < 4.78 is 13.6. The molecule has 0 spiro atoms. The van der Waals surface area contributed by atoms with Gasteiger partial charge in [-0.15, -0.1) is 0 Å². The molecule has 84 valence electrons. The van der Waals surface area contributed by atoms with Gasteiger partial charge in [-0.05, 0) is 18.2 Å². The van der Waals surface area contributed by atoms with Crippen LogP contribution in [0, 0.1) is 5.82 Å². The lowest BCUT2D eigenvalue weighted by atomic mass is 10.2. The van der Waals surface area contributed by atoms with Crippen molar-refractivity contribution in [3.05, 3.63) is 42.3 Å². The topological polar surface area (TPSA) is 67.6 Å². The molecule has 0 bridgehead atoms. The molecule has 17 heavy (non-hydrogen) atoms. The maximum absolute atomic E-state index is 13.6. The van der Waals surface area contributed by atoms with E-state index in [1.54, 1.807) is 24.3 Å². The summed E-state index contributed by atoms with van der Waals surface area (Å²) in [6.45, 7) is 0. The van der Waals surface area contributed by atoms with Crippen molar-refractivity contribution >= 4 is 16.9 Å². The molecule has 0 saturated heterocycles. The highest BCUT2D eigenvalue weighted by Gasteiger charge is 2.09. The van der Waals surface area contributed by atoms with Crippen LogP contribution in [0.2, 0.25) is 0 Å². The molecule has 0 unspecified atom stereocenters. The van der Waals surface area contributed by atoms with E-state index in [2.05, 4.69) is 15.0 Å². The number of nitrogen functional groups attached to an aromatic ring is 1. The van der Waals surface area contributed by atoms with E-state index in [1.807, 2.05) is 0 Å². The quantitative estimate of drug-likeness (QED) is 0.671. The van der Waals surface area contributed by atoms with Crippen LogP contribution in [0.1, 0.15) is 0 Å². The highest BCUT2D eigenvalue weighted by Crippen LogP contribution is 2.22. The highest BCUT2D eigenvalue weighted by atomic mass is 19.1. The molecule has 0 saturated carbocycles. The van der Waals surface area contributed by atoms with Crippen molar-refractivity contribution < 1.29 is 4.39 Å². The first kappa shape index (κ1) is 9.77. The molecule has 0 aliphatic heterocycles. The summed E-state index contributed by atoms with van der Waals surface area (Å²) in [5.41, 5.74) is 7.80. The summed E-state index contributed by atoms with van der Waals surface area (Å²) in [6, 6.07) is 8.17. The van der Waals surface area contributed by atoms with Gasteiger partial charge >= 0.3 is 0 Å². The number of nitrogens with two attached hydrogens (primary N) is 1. The molecule has 0 aliphatic rings. The van der Waals surface area contributed by atoms with Crippen molar-refractivity contribution in [3.63, 3.8) is 0 Å². The number of H-pyrrole nitrogens is 1. The Kier molecular flexibility index (Phi) is 2.04. The predicted octanol–water partition coefficient (Wildman–Crippen LogP) is 2.35. The van der Waals surface area contributed by atoms with Crippen molar-refractivity contribution in [2.75, 3.05) is 5.73 Å². The van der Waals surface area contributed by atoms with E-state index in [0.29, 0.717) is 28.2 Å². The van der Waals surface area contributed by atoms with Crippen LogP contribution in [0.3, 0.4) is 0 Å². The van der Waals surface area contributed by atoms with E-state index in [4.69, 9.17) is 5.73 Å². The molecule has 2 aromatic heterocycles. The van der Waals surface area contributed by atoms with Crippen molar-refractivity contribution in [2.45, 2.75) is 0 Å². The van der Waals surface area contributed by atoms with Gasteiger partial charge in [0.1, 0.15) is 11.6 Å². The van der Waals surface area contributed by atoms with Gasteiger partial charge in [-0.3, -0.25) is 0 Å². The SMILES string of the molecule is Nc1cnc2nc(-c3ccccc3F)[nH]c2c1. The van der Waals surface area contributed by atoms with Crippen LogP contribution in [-0.4, -0.2) is 15.0 Å². The normalized spacial score (nSPS) is 10.9. The monoisotopic (exact) mass is 228 g/mol. The average molecular weight is 228 g/mol. The minimum absolute atomic E-state index is 0.320. The summed E-state index contributed by atoms with van der Waals surface area (Å²) in [7, 11) is 0. The largest absolute Gasteiger partial charge is 0.397 e. The Morgan fingerprint density at radius 1 is 1.24 bits per heavy atom. The Morgan fingerprint density at radius 2 is 2.06 bits per heavy atom. The number of pyridine rings is 1. The number of nitrogens with zero attached hydrogens (tertiary/aromatic N) is 2. The zero-order valence-corrected chi connectivity index (χ0v) is 8.81. The summed E-state index contributed by atoms with van der Waals surface area (Å²) in [4.78, 5) is 11.3.